The summed E-state index contributed by atoms with van der Waals surface area (Å²) in [5.74, 6) is 0.811. The number of nitrogens with one attached hydrogen (secondary N) is 1. The average molecular weight is 314 g/mol. The molecule has 108 valence electrons. The Labute approximate surface area is 126 Å². The number of halogens is 1. The van der Waals surface area contributed by atoms with Crippen LogP contribution >= 0.6 is 22.9 Å². The number of hydrogen-bond acceptors (Lipinski definition) is 5. The van der Waals surface area contributed by atoms with E-state index in [4.69, 9.17) is 20.8 Å². The van der Waals surface area contributed by atoms with Crippen LogP contribution in [0.5, 0.6) is 0 Å². The van der Waals surface area contributed by atoms with Crippen molar-refractivity contribution >= 4 is 22.9 Å². The first-order valence-electron chi connectivity index (χ1n) is 6.48. The van der Waals surface area contributed by atoms with Gasteiger partial charge in [0.2, 0.25) is 0 Å². The van der Waals surface area contributed by atoms with Gasteiger partial charge in [0.1, 0.15) is 17.4 Å². The monoisotopic (exact) mass is 313 g/mol. The van der Waals surface area contributed by atoms with Gasteiger partial charge in [-0.2, -0.15) is 0 Å². The van der Waals surface area contributed by atoms with Crippen LogP contribution in [0.1, 0.15) is 23.1 Å². The van der Waals surface area contributed by atoms with E-state index in [1.54, 1.807) is 6.26 Å². The highest BCUT2D eigenvalue weighted by Crippen LogP contribution is 2.32. The van der Waals surface area contributed by atoms with E-state index < -0.39 is 5.60 Å². The van der Waals surface area contributed by atoms with Crippen LogP contribution in [-0.2, 0) is 4.74 Å². The first-order chi connectivity index (χ1) is 9.66. The smallest absolute Gasteiger partial charge is 0.126 e. The lowest BCUT2D eigenvalue weighted by molar-refractivity contribution is 0.0253. The third-order valence-corrected chi connectivity index (χ3v) is 4.72. The maximum Gasteiger partial charge on any atom is 0.126 e. The molecule has 1 aliphatic heterocycles. The molecule has 3 rings (SSSR count). The zero-order valence-corrected chi connectivity index (χ0v) is 12.4. The molecule has 0 bridgehead atoms. The Balaban J connectivity index is 1.76. The fraction of sp³-hybridized carbons (Fsp3) is 0.429. The number of rotatable bonds is 5. The van der Waals surface area contributed by atoms with Crippen molar-refractivity contribution < 1.29 is 14.3 Å². The lowest BCUT2D eigenvalue weighted by Gasteiger charge is -2.24. The van der Waals surface area contributed by atoms with Crippen LogP contribution in [0.15, 0.2) is 34.9 Å². The van der Waals surface area contributed by atoms with Crippen molar-refractivity contribution in [3.8, 4) is 0 Å². The molecule has 0 radical (unpaired) electrons. The minimum absolute atomic E-state index is 0.105. The van der Waals surface area contributed by atoms with E-state index in [-0.39, 0.29) is 6.04 Å². The van der Waals surface area contributed by atoms with E-state index >= 15 is 0 Å². The van der Waals surface area contributed by atoms with E-state index in [9.17, 15) is 5.11 Å². The lowest BCUT2D eigenvalue weighted by atomic mass is 10.0. The SMILES string of the molecule is OC1(CNC(c2ccco2)c2ccc(Cl)s2)CCOC1. The van der Waals surface area contributed by atoms with Gasteiger partial charge in [0.25, 0.3) is 0 Å². The van der Waals surface area contributed by atoms with E-state index in [0.29, 0.717) is 26.2 Å². The number of furan rings is 1. The molecule has 0 amide bonds. The van der Waals surface area contributed by atoms with Crippen molar-refractivity contribution in [2.75, 3.05) is 19.8 Å². The molecule has 2 atom stereocenters. The number of aliphatic hydroxyl groups is 1. The van der Waals surface area contributed by atoms with Crippen LogP contribution in [-0.4, -0.2) is 30.5 Å². The van der Waals surface area contributed by atoms with E-state index in [2.05, 4.69) is 5.32 Å². The Morgan fingerprint density at radius 1 is 1.45 bits per heavy atom. The van der Waals surface area contributed by atoms with E-state index in [1.807, 2.05) is 24.3 Å². The first kappa shape index (κ1) is 14.1. The van der Waals surface area contributed by atoms with Crippen molar-refractivity contribution in [2.45, 2.75) is 18.1 Å². The van der Waals surface area contributed by atoms with Gasteiger partial charge in [0.15, 0.2) is 0 Å². The summed E-state index contributed by atoms with van der Waals surface area (Å²) in [6.07, 6.45) is 2.29. The average Bonchev–Trinajstić information content (AvgIpc) is 3.13. The van der Waals surface area contributed by atoms with Crippen molar-refractivity contribution in [3.05, 3.63) is 45.5 Å². The first-order valence-corrected chi connectivity index (χ1v) is 7.68. The van der Waals surface area contributed by atoms with Crippen LogP contribution < -0.4 is 5.32 Å². The topological polar surface area (TPSA) is 54.6 Å². The second-order valence-electron chi connectivity index (χ2n) is 5.00. The third-order valence-electron chi connectivity index (χ3n) is 3.42. The van der Waals surface area contributed by atoms with Gasteiger partial charge in [-0.05, 0) is 24.3 Å². The molecule has 4 nitrogen and oxygen atoms in total. The standard InChI is InChI=1S/C14H16ClNO3S/c15-12-4-3-11(20-12)13(10-2-1-6-19-10)16-8-14(17)5-7-18-9-14/h1-4,6,13,16-17H,5,7-9H2. The summed E-state index contributed by atoms with van der Waals surface area (Å²) in [5.41, 5.74) is -0.800. The minimum Gasteiger partial charge on any atom is -0.467 e. The molecule has 2 N–H and O–H groups in total. The van der Waals surface area contributed by atoms with Crippen molar-refractivity contribution in [3.63, 3.8) is 0 Å². The third kappa shape index (κ3) is 3.07. The molecule has 3 heterocycles. The van der Waals surface area contributed by atoms with Crippen molar-refractivity contribution in [1.82, 2.24) is 5.32 Å². The molecule has 0 spiro atoms. The summed E-state index contributed by atoms with van der Waals surface area (Å²) in [4.78, 5) is 1.06. The van der Waals surface area contributed by atoms with Gasteiger partial charge >= 0.3 is 0 Å². The summed E-state index contributed by atoms with van der Waals surface area (Å²) in [5, 5.41) is 13.7. The second kappa shape index (κ2) is 5.87. The maximum atomic E-state index is 10.3. The predicted octanol–water partition coefficient (Wildman–Crippen LogP) is 2.82. The van der Waals surface area contributed by atoms with Crippen molar-refractivity contribution in [1.29, 1.82) is 0 Å². The highest BCUT2D eigenvalue weighted by atomic mass is 35.5. The fourth-order valence-electron chi connectivity index (χ4n) is 2.31. The Morgan fingerprint density at radius 2 is 2.35 bits per heavy atom. The highest BCUT2D eigenvalue weighted by molar-refractivity contribution is 7.16. The second-order valence-corrected chi connectivity index (χ2v) is 6.74. The summed E-state index contributed by atoms with van der Waals surface area (Å²) >= 11 is 7.52. The minimum atomic E-state index is -0.800. The number of hydrogen-bond donors (Lipinski definition) is 2. The highest BCUT2D eigenvalue weighted by Gasteiger charge is 2.33. The molecule has 2 unspecified atom stereocenters. The van der Waals surface area contributed by atoms with Gasteiger partial charge in [-0.25, -0.2) is 0 Å². The van der Waals surface area contributed by atoms with Crippen LogP contribution in [0.25, 0.3) is 0 Å². The molecule has 6 heteroatoms. The lowest BCUT2D eigenvalue weighted by Crippen LogP contribution is -2.42. The summed E-state index contributed by atoms with van der Waals surface area (Å²) in [7, 11) is 0. The quantitative estimate of drug-likeness (QED) is 0.891. The predicted molar refractivity (Wildman–Crippen MR) is 78.3 cm³/mol. The molecule has 0 saturated carbocycles. The van der Waals surface area contributed by atoms with Gasteiger partial charge < -0.3 is 19.6 Å². The van der Waals surface area contributed by atoms with Gasteiger partial charge in [-0.15, -0.1) is 11.3 Å². The van der Waals surface area contributed by atoms with Gasteiger partial charge in [-0.1, -0.05) is 11.6 Å². The van der Waals surface area contributed by atoms with Crippen LogP contribution in [0.4, 0.5) is 0 Å². The molecule has 2 aromatic rings. The molecule has 0 aliphatic carbocycles. The van der Waals surface area contributed by atoms with Gasteiger partial charge in [0, 0.05) is 24.4 Å². The molecule has 2 aromatic heterocycles. The Bertz CT molecular complexity index is 549. The summed E-state index contributed by atoms with van der Waals surface area (Å²) in [6, 6.07) is 7.51. The Morgan fingerprint density at radius 3 is 2.95 bits per heavy atom. The van der Waals surface area contributed by atoms with Crippen LogP contribution in [0.3, 0.4) is 0 Å². The number of ether oxygens (including phenoxy) is 1. The van der Waals surface area contributed by atoms with Gasteiger partial charge in [-0.3, -0.25) is 0 Å². The van der Waals surface area contributed by atoms with Crippen LogP contribution in [0, 0.1) is 0 Å². The Hall–Kier alpha value is -0.850. The van der Waals surface area contributed by atoms with Crippen molar-refractivity contribution in [2.24, 2.45) is 0 Å². The van der Waals surface area contributed by atoms with Crippen LogP contribution in [0.2, 0.25) is 4.34 Å². The van der Waals surface area contributed by atoms with E-state index in [1.165, 1.54) is 11.3 Å². The Kier molecular flexibility index (Phi) is 4.14. The zero-order chi connectivity index (χ0) is 14.0. The van der Waals surface area contributed by atoms with E-state index in [0.717, 1.165) is 15.0 Å². The molecular formula is C14H16ClNO3S. The molecule has 0 aromatic carbocycles. The van der Waals surface area contributed by atoms with Gasteiger partial charge in [0.05, 0.1) is 17.2 Å². The largest absolute Gasteiger partial charge is 0.467 e. The molecule has 20 heavy (non-hydrogen) atoms. The fourth-order valence-corrected chi connectivity index (χ4v) is 3.45. The normalized spacial score (nSPS) is 24.1. The molecule has 1 fully saturated rings. The summed E-state index contributed by atoms with van der Waals surface area (Å²) < 4.78 is 11.5. The maximum absolute atomic E-state index is 10.3. The summed E-state index contributed by atoms with van der Waals surface area (Å²) in [6.45, 7) is 1.43. The molecule has 1 saturated heterocycles. The zero-order valence-electron chi connectivity index (χ0n) is 10.8. The number of thiophene rings is 1. The molecular weight excluding hydrogens is 298 g/mol. The molecule has 1 aliphatic rings.